The summed E-state index contributed by atoms with van der Waals surface area (Å²) in [6.45, 7) is 1.56. The number of hydroxylamine groups is 1. The summed E-state index contributed by atoms with van der Waals surface area (Å²) in [6, 6.07) is 3.74. The highest BCUT2D eigenvalue weighted by Gasteiger charge is 2.12. The second kappa shape index (κ2) is 8.58. The molecule has 19 heavy (non-hydrogen) atoms. The van der Waals surface area contributed by atoms with Gasteiger partial charge in [0.25, 0.3) is 0 Å². The van der Waals surface area contributed by atoms with Gasteiger partial charge in [-0.15, -0.1) is 0 Å². The highest BCUT2D eigenvalue weighted by Crippen LogP contribution is 2.38. The first-order valence-corrected chi connectivity index (χ1v) is 5.89. The van der Waals surface area contributed by atoms with Crippen molar-refractivity contribution in [3.8, 4) is 17.2 Å². The normalized spacial score (nSPS) is 10.3. The van der Waals surface area contributed by atoms with Crippen molar-refractivity contribution >= 4 is 0 Å². The number of methoxy groups -OCH3 is 4. The van der Waals surface area contributed by atoms with Gasteiger partial charge >= 0.3 is 0 Å². The van der Waals surface area contributed by atoms with Gasteiger partial charge in [0.05, 0.1) is 34.5 Å². The number of hydrogen-bond acceptors (Lipinski definition) is 6. The number of ether oxygens (including phenoxy) is 4. The summed E-state index contributed by atoms with van der Waals surface area (Å²) in [6.07, 6.45) is 0. The van der Waals surface area contributed by atoms with Crippen LogP contribution in [0.1, 0.15) is 5.56 Å². The standard InChI is InChI=1S/C13H21NO5/c1-15-5-6-19-14-9-10-7-11(16-2)13(18-4)12(8-10)17-3/h7-8,14H,5-6,9H2,1-4H3. The van der Waals surface area contributed by atoms with E-state index in [1.807, 2.05) is 12.1 Å². The van der Waals surface area contributed by atoms with Crippen LogP contribution in [0.15, 0.2) is 12.1 Å². The molecule has 0 fully saturated rings. The van der Waals surface area contributed by atoms with Crippen LogP contribution in [0, 0.1) is 0 Å². The molecule has 1 aromatic rings. The second-order valence-corrected chi connectivity index (χ2v) is 3.70. The quantitative estimate of drug-likeness (QED) is 0.541. The Hall–Kier alpha value is -1.50. The molecule has 6 nitrogen and oxygen atoms in total. The Morgan fingerprint density at radius 2 is 1.53 bits per heavy atom. The molecule has 0 aliphatic heterocycles. The van der Waals surface area contributed by atoms with Crippen molar-refractivity contribution in [2.75, 3.05) is 41.7 Å². The van der Waals surface area contributed by atoms with E-state index >= 15 is 0 Å². The van der Waals surface area contributed by atoms with Crippen LogP contribution in [0.2, 0.25) is 0 Å². The molecule has 0 spiro atoms. The van der Waals surface area contributed by atoms with Gasteiger partial charge in [0, 0.05) is 13.7 Å². The van der Waals surface area contributed by atoms with Gasteiger partial charge in [-0.25, -0.2) is 0 Å². The lowest BCUT2D eigenvalue weighted by atomic mass is 10.2. The summed E-state index contributed by atoms with van der Waals surface area (Å²) in [5.41, 5.74) is 3.81. The van der Waals surface area contributed by atoms with Crippen LogP contribution in [0.3, 0.4) is 0 Å². The minimum absolute atomic E-state index is 0.487. The summed E-state index contributed by atoms with van der Waals surface area (Å²) in [5, 5.41) is 0. The highest BCUT2D eigenvalue weighted by atomic mass is 16.7. The summed E-state index contributed by atoms with van der Waals surface area (Å²) in [4.78, 5) is 5.19. The minimum atomic E-state index is 0.487. The molecule has 0 saturated carbocycles. The number of hydrogen-bond donors (Lipinski definition) is 1. The van der Waals surface area contributed by atoms with Crippen molar-refractivity contribution in [2.45, 2.75) is 6.54 Å². The largest absolute Gasteiger partial charge is 0.493 e. The second-order valence-electron chi connectivity index (χ2n) is 3.70. The molecule has 6 heteroatoms. The van der Waals surface area contributed by atoms with Gasteiger partial charge in [-0.05, 0) is 17.7 Å². The zero-order valence-corrected chi connectivity index (χ0v) is 11.8. The van der Waals surface area contributed by atoms with Gasteiger partial charge < -0.3 is 18.9 Å². The average molecular weight is 271 g/mol. The Labute approximate surface area is 113 Å². The first-order chi connectivity index (χ1) is 9.26. The number of benzene rings is 1. The smallest absolute Gasteiger partial charge is 0.203 e. The lowest BCUT2D eigenvalue weighted by Crippen LogP contribution is -2.17. The van der Waals surface area contributed by atoms with Crippen LogP contribution in [0.4, 0.5) is 0 Å². The van der Waals surface area contributed by atoms with Crippen molar-refractivity contribution in [3.05, 3.63) is 17.7 Å². The Balaban J connectivity index is 2.68. The van der Waals surface area contributed by atoms with Crippen LogP contribution in [0.25, 0.3) is 0 Å². The molecule has 0 radical (unpaired) electrons. The van der Waals surface area contributed by atoms with Crippen LogP contribution >= 0.6 is 0 Å². The maximum Gasteiger partial charge on any atom is 0.203 e. The maximum atomic E-state index is 5.27. The zero-order chi connectivity index (χ0) is 14.1. The van der Waals surface area contributed by atoms with Crippen molar-refractivity contribution in [1.29, 1.82) is 0 Å². The maximum absolute atomic E-state index is 5.27. The Morgan fingerprint density at radius 1 is 0.895 bits per heavy atom. The first-order valence-electron chi connectivity index (χ1n) is 5.89. The average Bonchev–Trinajstić information content (AvgIpc) is 2.45. The molecule has 0 aliphatic rings. The van der Waals surface area contributed by atoms with Gasteiger partial charge in [0.2, 0.25) is 5.75 Å². The van der Waals surface area contributed by atoms with Crippen molar-refractivity contribution < 1.29 is 23.8 Å². The number of nitrogens with one attached hydrogen (secondary N) is 1. The molecule has 0 atom stereocenters. The molecule has 0 saturated heterocycles. The van der Waals surface area contributed by atoms with E-state index in [4.69, 9.17) is 23.8 Å². The van der Waals surface area contributed by atoms with E-state index in [0.29, 0.717) is 37.0 Å². The molecule has 0 heterocycles. The lowest BCUT2D eigenvalue weighted by Gasteiger charge is -2.14. The predicted molar refractivity (Wildman–Crippen MR) is 70.8 cm³/mol. The fraction of sp³-hybridized carbons (Fsp3) is 0.538. The summed E-state index contributed by atoms with van der Waals surface area (Å²) in [5.74, 6) is 1.82. The third-order valence-corrected chi connectivity index (χ3v) is 2.49. The van der Waals surface area contributed by atoms with Gasteiger partial charge in [-0.2, -0.15) is 5.48 Å². The van der Waals surface area contributed by atoms with E-state index in [2.05, 4.69) is 5.48 Å². The van der Waals surface area contributed by atoms with Crippen LogP contribution in [0.5, 0.6) is 17.2 Å². The highest BCUT2D eigenvalue weighted by molar-refractivity contribution is 5.53. The molecule has 0 aliphatic carbocycles. The fourth-order valence-corrected chi connectivity index (χ4v) is 1.57. The lowest BCUT2D eigenvalue weighted by molar-refractivity contribution is 0.00342. The topological polar surface area (TPSA) is 58.2 Å². The van der Waals surface area contributed by atoms with Crippen LogP contribution in [-0.4, -0.2) is 41.7 Å². The van der Waals surface area contributed by atoms with Crippen molar-refractivity contribution in [1.82, 2.24) is 5.48 Å². The molecule has 1 rings (SSSR count). The first kappa shape index (κ1) is 15.6. The molecule has 0 aromatic heterocycles. The van der Waals surface area contributed by atoms with E-state index in [-0.39, 0.29) is 0 Å². The van der Waals surface area contributed by atoms with Crippen molar-refractivity contribution in [3.63, 3.8) is 0 Å². The molecular weight excluding hydrogens is 250 g/mol. The molecular formula is C13H21NO5. The van der Waals surface area contributed by atoms with E-state index in [1.165, 1.54) is 0 Å². The van der Waals surface area contributed by atoms with Gasteiger partial charge in [-0.1, -0.05) is 0 Å². The molecule has 108 valence electrons. The van der Waals surface area contributed by atoms with Crippen molar-refractivity contribution in [2.24, 2.45) is 0 Å². The van der Waals surface area contributed by atoms with Gasteiger partial charge in [0.15, 0.2) is 11.5 Å². The third-order valence-electron chi connectivity index (χ3n) is 2.49. The zero-order valence-electron chi connectivity index (χ0n) is 11.8. The molecule has 1 N–H and O–H groups in total. The Morgan fingerprint density at radius 3 is 2.00 bits per heavy atom. The molecule has 0 unspecified atom stereocenters. The van der Waals surface area contributed by atoms with Gasteiger partial charge in [0.1, 0.15) is 0 Å². The number of rotatable bonds is 9. The van der Waals surface area contributed by atoms with Crippen LogP contribution < -0.4 is 19.7 Å². The molecule has 1 aromatic carbocycles. The molecule has 0 amide bonds. The Bertz CT molecular complexity index is 358. The summed E-state index contributed by atoms with van der Waals surface area (Å²) in [7, 11) is 6.38. The minimum Gasteiger partial charge on any atom is -0.493 e. The van der Waals surface area contributed by atoms with E-state index in [9.17, 15) is 0 Å². The van der Waals surface area contributed by atoms with E-state index in [0.717, 1.165) is 5.56 Å². The van der Waals surface area contributed by atoms with Gasteiger partial charge in [-0.3, -0.25) is 4.84 Å². The molecule has 0 bridgehead atoms. The monoisotopic (exact) mass is 271 g/mol. The summed E-state index contributed by atoms with van der Waals surface area (Å²) >= 11 is 0. The van der Waals surface area contributed by atoms with E-state index in [1.54, 1.807) is 28.4 Å². The fourth-order valence-electron chi connectivity index (χ4n) is 1.57. The van der Waals surface area contributed by atoms with E-state index < -0.39 is 0 Å². The predicted octanol–water partition coefficient (Wildman–Crippen LogP) is 1.38. The van der Waals surface area contributed by atoms with Crippen LogP contribution in [-0.2, 0) is 16.1 Å². The SMILES string of the molecule is COCCONCc1cc(OC)c(OC)c(OC)c1. The Kier molecular flexibility index (Phi) is 7.02. The summed E-state index contributed by atoms with van der Waals surface area (Å²) < 4.78 is 20.7. The third kappa shape index (κ3) is 4.59.